The van der Waals surface area contributed by atoms with E-state index in [0.29, 0.717) is 12.0 Å². The number of carboxylic acids is 1. The van der Waals surface area contributed by atoms with Crippen molar-refractivity contribution in [2.75, 3.05) is 0 Å². The van der Waals surface area contributed by atoms with E-state index in [0.717, 1.165) is 11.1 Å². The average Bonchev–Trinajstić information content (AvgIpc) is 2.74. The Morgan fingerprint density at radius 2 is 1.77 bits per heavy atom. The molecule has 9 nitrogen and oxygen atoms in total. The Kier molecular flexibility index (Phi) is 6.68. The van der Waals surface area contributed by atoms with Crippen molar-refractivity contribution in [2.45, 2.75) is 44.2 Å². The van der Waals surface area contributed by atoms with Crippen LogP contribution in [0.1, 0.15) is 21.5 Å². The first kappa shape index (κ1) is 21.7. The first-order chi connectivity index (χ1) is 14.3. The Balaban J connectivity index is 1.72. The molecule has 0 radical (unpaired) electrons. The van der Waals surface area contributed by atoms with Crippen LogP contribution >= 0.6 is 0 Å². The molecule has 2 aromatic rings. The third-order valence-corrected chi connectivity index (χ3v) is 4.69. The summed E-state index contributed by atoms with van der Waals surface area (Å²) in [6.07, 6.45) is -8.27. The van der Waals surface area contributed by atoms with E-state index in [9.17, 15) is 24.9 Å². The molecule has 0 spiro atoms. The van der Waals surface area contributed by atoms with Gasteiger partial charge in [0.1, 0.15) is 36.4 Å². The Bertz CT molecular complexity index is 896. The van der Waals surface area contributed by atoms with Gasteiger partial charge >= 0.3 is 5.97 Å². The van der Waals surface area contributed by atoms with E-state index < -0.39 is 36.7 Å². The predicted octanol–water partition coefficient (Wildman–Crippen LogP) is 0.658. The van der Waals surface area contributed by atoms with Gasteiger partial charge in [0.05, 0.1) is 5.56 Å². The molecule has 4 N–H and O–H groups in total. The van der Waals surface area contributed by atoms with E-state index in [2.05, 4.69) is 0 Å². The number of aryl methyl sites for hydroxylation is 1. The molecule has 30 heavy (non-hydrogen) atoms. The number of hydrogen-bond donors (Lipinski definition) is 4. The van der Waals surface area contributed by atoms with Gasteiger partial charge < -0.3 is 34.6 Å². The van der Waals surface area contributed by atoms with E-state index in [1.54, 1.807) is 0 Å². The minimum Gasteiger partial charge on any atom is -0.489 e. The van der Waals surface area contributed by atoms with Crippen LogP contribution in [0.15, 0.2) is 42.5 Å². The molecule has 0 amide bonds. The molecule has 2 aromatic carbocycles. The lowest BCUT2D eigenvalue weighted by Gasteiger charge is -2.38. The highest BCUT2D eigenvalue weighted by atomic mass is 16.7. The molecule has 1 heterocycles. The summed E-state index contributed by atoms with van der Waals surface area (Å²) in [5.41, 5.74) is 2.14. The Morgan fingerprint density at radius 3 is 2.40 bits per heavy atom. The van der Waals surface area contributed by atoms with Crippen LogP contribution in [0.4, 0.5) is 0 Å². The van der Waals surface area contributed by atoms with Gasteiger partial charge in [0.25, 0.3) is 0 Å². The first-order valence-corrected chi connectivity index (χ1v) is 9.17. The van der Waals surface area contributed by atoms with Crippen molar-refractivity contribution in [1.82, 2.24) is 0 Å². The van der Waals surface area contributed by atoms with Crippen LogP contribution in [0.25, 0.3) is 0 Å². The summed E-state index contributed by atoms with van der Waals surface area (Å²) in [7, 11) is 0. The minimum absolute atomic E-state index is 0.00976. The number of carboxylic acid groups (broad SMARTS) is 1. The van der Waals surface area contributed by atoms with Gasteiger partial charge in [-0.05, 0) is 30.7 Å². The molecule has 5 atom stereocenters. The third-order valence-electron chi connectivity index (χ3n) is 4.69. The van der Waals surface area contributed by atoms with Gasteiger partial charge in [-0.1, -0.05) is 29.8 Å². The topological polar surface area (TPSA) is 143 Å². The fourth-order valence-corrected chi connectivity index (χ4v) is 2.94. The summed E-state index contributed by atoms with van der Waals surface area (Å²) in [5.74, 6) is -1.14. The normalized spacial score (nSPS) is 26.1. The van der Waals surface area contributed by atoms with Crippen molar-refractivity contribution in [1.29, 1.82) is 0 Å². The van der Waals surface area contributed by atoms with Crippen molar-refractivity contribution in [3.05, 3.63) is 59.2 Å². The second-order valence-corrected chi connectivity index (χ2v) is 6.94. The second kappa shape index (κ2) is 9.23. The third kappa shape index (κ3) is 4.77. The summed E-state index contributed by atoms with van der Waals surface area (Å²) in [6, 6.07) is 12.1. The number of rotatable bonds is 7. The summed E-state index contributed by atoms with van der Waals surface area (Å²) >= 11 is 0. The fourth-order valence-electron chi connectivity index (χ4n) is 2.94. The highest BCUT2D eigenvalue weighted by molar-refractivity contribution is 5.80. The largest absolute Gasteiger partial charge is 0.489 e. The summed E-state index contributed by atoms with van der Waals surface area (Å²) in [4.78, 5) is 22.7. The number of carbonyl (C=O) groups is 2. The molecule has 3 rings (SSSR count). The number of hydrogen-bond acceptors (Lipinski definition) is 8. The molecule has 2 unspecified atom stereocenters. The number of benzene rings is 2. The van der Waals surface area contributed by atoms with Crippen molar-refractivity contribution >= 4 is 12.3 Å². The molecule has 1 aliphatic heterocycles. The van der Waals surface area contributed by atoms with Gasteiger partial charge in [-0.2, -0.15) is 0 Å². The van der Waals surface area contributed by atoms with Gasteiger partial charge in [-0.15, -0.1) is 0 Å². The van der Waals surface area contributed by atoms with Crippen molar-refractivity contribution in [3.8, 4) is 11.5 Å². The lowest BCUT2D eigenvalue weighted by molar-refractivity contribution is -0.271. The number of aliphatic carboxylic acids is 1. The zero-order valence-corrected chi connectivity index (χ0v) is 16.0. The lowest BCUT2D eigenvalue weighted by atomic mass is 9.99. The smallest absolute Gasteiger partial charge is 0.335 e. The monoisotopic (exact) mass is 418 g/mol. The highest BCUT2D eigenvalue weighted by Gasteiger charge is 2.48. The zero-order valence-electron chi connectivity index (χ0n) is 16.0. The highest BCUT2D eigenvalue weighted by Crippen LogP contribution is 2.28. The standard InChI is InChI=1S/C21H22O9/c1-11-2-4-12(5-3-11)10-28-14-6-7-15(13(8-14)9-22)29-21-18(25)16(23)17(24)19(30-21)20(26)27/h2-9,16-19,21,23-25H,10H2,1H3,(H,26,27)/t16-,17-,18?,19?,21+/m0/s1. The molecule has 160 valence electrons. The van der Waals surface area contributed by atoms with Gasteiger partial charge in [0.2, 0.25) is 6.29 Å². The Morgan fingerprint density at radius 1 is 1.07 bits per heavy atom. The van der Waals surface area contributed by atoms with Crippen LogP contribution in [0.2, 0.25) is 0 Å². The molecular formula is C21H22O9. The van der Waals surface area contributed by atoms with E-state index in [-0.39, 0.29) is 17.9 Å². The van der Waals surface area contributed by atoms with E-state index in [1.807, 2.05) is 31.2 Å². The SMILES string of the molecule is Cc1ccc(COc2ccc(O[C@@H]3OC(C(=O)O)[C@@H](O)[C@H](O)C3O)c(C=O)c2)cc1. The molecule has 0 aromatic heterocycles. The Labute approximate surface area is 172 Å². The number of carbonyl (C=O) groups excluding carboxylic acids is 1. The van der Waals surface area contributed by atoms with Gasteiger partial charge in [-0.3, -0.25) is 4.79 Å². The predicted molar refractivity (Wildman–Crippen MR) is 102 cm³/mol. The van der Waals surface area contributed by atoms with Crippen LogP contribution < -0.4 is 9.47 Å². The molecular weight excluding hydrogens is 396 g/mol. The Hall–Kier alpha value is -2.98. The quantitative estimate of drug-likeness (QED) is 0.477. The second-order valence-electron chi connectivity index (χ2n) is 6.94. The van der Waals surface area contributed by atoms with Gasteiger partial charge in [0.15, 0.2) is 12.4 Å². The summed E-state index contributed by atoms with van der Waals surface area (Å²) in [6.45, 7) is 2.26. The molecule has 1 saturated heterocycles. The van der Waals surface area contributed by atoms with Gasteiger partial charge in [-0.25, -0.2) is 4.79 Å². The van der Waals surface area contributed by atoms with Crippen LogP contribution in [0.5, 0.6) is 11.5 Å². The van der Waals surface area contributed by atoms with E-state index >= 15 is 0 Å². The molecule has 0 aliphatic carbocycles. The van der Waals surface area contributed by atoms with Crippen LogP contribution in [0, 0.1) is 6.92 Å². The molecule has 1 aliphatic rings. The van der Waals surface area contributed by atoms with Crippen LogP contribution in [-0.4, -0.2) is 63.4 Å². The van der Waals surface area contributed by atoms with E-state index in [4.69, 9.17) is 19.3 Å². The number of aliphatic hydroxyl groups excluding tert-OH is 3. The molecule has 1 fully saturated rings. The van der Waals surface area contributed by atoms with Crippen molar-refractivity contribution in [3.63, 3.8) is 0 Å². The molecule has 9 heteroatoms. The maximum atomic E-state index is 11.5. The van der Waals surface area contributed by atoms with Gasteiger partial charge in [0, 0.05) is 0 Å². The van der Waals surface area contributed by atoms with Crippen LogP contribution in [-0.2, 0) is 16.1 Å². The average molecular weight is 418 g/mol. The summed E-state index contributed by atoms with van der Waals surface area (Å²) in [5, 5.41) is 38.7. The molecule has 0 saturated carbocycles. The maximum absolute atomic E-state index is 11.5. The first-order valence-electron chi connectivity index (χ1n) is 9.17. The lowest BCUT2D eigenvalue weighted by Crippen LogP contribution is -2.61. The zero-order chi connectivity index (χ0) is 21.8. The van der Waals surface area contributed by atoms with Crippen LogP contribution in [0.3, 0.4) is 0 Å². The number of ether oxygens (including phenoxy) is 3. The van der Waals surface area contributed by atoms with Crippen molar-refractivity contribution in [2.24, 2.45) is 0 Å². The fraction of sp³-hybridized carbons (Fsp3) is 0.333. The van der Waals surface area contributed by atoms with E-state index in [1.165, 1.54) is 18.2 Å². The molecule has 0 bridgehead atoms. The maximum Gasteiger partial charge on any atom is 0.335 e. The van der Waals surface area contributed by atoms with Crippen molar-refractivity contribution < 1.29 is 44.2 Å². The minimum atomic E-state index is -1.83. The number of aldehydes is 1. The number of aliphatic hydroxyl groups is 3. The summed E-state index contributed by atoms with van der Waals surface area (Å²) < 4.78 is 16.2.